The van der Waals surface area contributed by atoms with Crippen LogP contribution in [0.2, 0.25) is 0 Å². The van der Waals surface area contributed by atoms with Gasteiger partial charge in [-0.2, -0.15) is 0 Å². The van der Waals surface area contributed by atoms with Gasteiger partial charge in [-0.15, -0.1) is 0 Å². The molecule has 0 radical (unpaired) electrons. The maximum Gasteiger partial charge on any atom is 0.343 e. The highest BCUT2D eigenvalue weighted by Crippen LogP contribution is 2.41. The Morgan fingerprint density at radius 3 is 2.31 bits per heavy atom. The molecule has 0 amide bonds. The summed E-state index contributed by atoms with van der Waals surface area (Å²) in [6.07, 6.45) is 10.0. The summed E-state index contributed by atoms with van der Waals surface area (Å²) in [5, 5.41) is 0. The largest absolute Gasteiger partial charge is 0.423 e. The highest BCUT2D eigenvalue weighted by atomic mass is 16.5. The molecule has 0 aromatic heterocycles. The van der Waals surface area contributed by atoms with Gasteiger partial charge in [-0.1, -0.05) is 64.3 Å². The number of carbonyl (C=O) groups is 1. The van der Waals surface area contributed by atoms with E-state index in [0.29, 0.717) is 23.1 Å². The van der Waals surface area contributed by atoms with Crippen molar-refractivity contribution < 1.29 is 9.53 Å². The molecule has 0 spiro atoms. The maximum atomic E-state index is 12.5. The summed E-state index contributed by atoms with van der Waals surface area (Å²) in [6, 6.07) is 16.0. The summed E-state index contributed by atoms with van der Waals surface area (Å²) in [5.74, 6) is 2.56. The zero-order valence-corrected chi connectivity index (χ0v) is 18.3. The summed E-state index contributed by atoms with van der Waals surface area (Å²) < 4.78 is 5.57. The number of carbonyl (C=O) groups excluding carboxylic acids is 1. The van der Waals surface area contributed by atoms with E-state index < -0.39 is 0 Å². The van der Waals surface area contributed by atoms with Gasteiger partial charge in [0.05, 0.1) is 5.56 Å². The molecule has 0 bridgehead atoms. The second-order valence-electron chi connectivity index (χ2n) is 8.81. The van der Waals surface area contributed by atoms with Crippen molar-refractivity contribution in [3.8, 4) is 5.75 Å². The molecule has 2 aromatic rings. The fourth-order valence-electron chi connectivity index (χ4n) is 4.81. The first-order valence-corrected chi connectivity index (χ1v) is 11.5. The highest BCUT2D eigenvalue weighted by molar-refractivity contribution is 5.91. The topological polar surface area (TPSA) is 26.3 Å². The minimum absolute atomic E-state index is 0.280. The predicted octanol–water partition coefficient (Wildman–Crippen LogP) is 7.57. The number of unbranched alkanes of at least 4 members (excludes halogenated alkanes) is 1. The maximum absolute atomic E-state index is 12.5. The van der Waals surface area contributed by atoms with Gasteiger partial charge in [0.1, 0.15) is 5.75 Å². The Bertz CT molecular complexity index is 760. The van der Waals surface area contributed by atoms with Crippen LogP contribution in [0.25, 0.3) is 0 Å². The van der Waals surface area contributed by atoms with Gasteiger partial charge < -0.3 is 4.74 Å². The van der Waals surface area contributed by atoms with Crippen molar-refractivity contribution in [3.05, 3.63) is 65.2 Å². The van der Waals surface area contributed by atoms with Crippen LogP contribution in [0.1, 0.15) is 93.1 Å². The van der Waals surface area contributed by atoms with E-state index in [0.717, 1.165) is 12.3 Å². The number of hydrogen-bond acceptors (Lipinski definition) is 2. The molecule has 0 N–H and O–H groups in total. The van der Waals surface area contributed by atoms with Crippen LogP contribution in [-0.4, -0.2) is 5.97 Å². The smallest absolute Gasteiger partial charge is 0.343 e. The van der Waals surface area contributed by atoms with E-state index in [1.165, 1.54) is 56.1 Å². The second kappa shape index (κ2) is 10.6. The van der Waals surface area contributed by atoms with Crippen molar-refractivity contribution in [1.29, 1.82) is 0 Å². The van der Waals surface area contributed by atoms with Crippen LogP contribution < -0.4 is 4.74 Å². The molecule has 0 saturated heterocycles. The molecule has 29 heavy (non-hydrogen) atoms. The predicted molar refractivity (Wildman–Crippen MR) is 121 cm³/mol. The Labute approximate surface area is 176 Å². The van der Waals surface area contributed by atoms with Crippen LogP contribution in [0.4, 0.5) is 0 Å². The molecule has 0 aliphatic heterocycles. The number of benzene rings is 2. The molecular weight excluding hydrogens is 356 g/mol. The molecule has 1 aliphatic carbocycles. The van der Waals surface area contributed by atoms with Crippen molar-refractivity contribution in [2.45, 2.75) is 78.1 Å². The fourth-order valence-corrected chi connectivity index (χ4v) is 4.81. The van der Waals surface area contributed by atoms with Gasteiger partial charge in [0.15, 0.2) is 0 Å². The normalized spacial score (nSPS) is 21.7. The first kappa shape index (κ1) is 21.6. The van der Waals surface area contributed by atoms with Gasteiger partial charge in [0.2, 0.25) is 0 Å². The molecule has 3 rings (SSSR count). The molecule has 3 unspecified atom stereocenters. The number of esters is 1. The molecule has 2 heteroatoms. The Balaban J connectivity index is 1.57. The van der Waals surface area contributed by atoms with Gasteiger partial charge in [-0.25, -0.2) is 4.79 Å². The molecule has 2 aromatic carbocycles. The summed E-state index contributed by atoms with van der Waals surface area (Å²) >= 11 is 0. The Kier molecular flexibility index (Phi) is 7.91. The summed E-state index contributed by atoms with van der Waals surface area (Å²) in [7, 11) is 0. The average Bonchev–Trinajstić information content (AvgIpc) is 2.74. The lowest BCUT2D eigenvalue weighted by Gasteiger charge is -2.34. The third-order valence-corrected chi connectivity index (χ3v) is 6.50. The lowest BCUT2D eigenvalue weighted by molar-refractivity contribution is 0.0734. The van der Waals surface area contributed by atoms with Crippen molar-refractivity contribution >= 4 is 5.97 Å². The Hall–Kier alpha value is -2.09. The van der Waals surface area contributed by atoms with Gasteiger partial charge in [0, 0.05) is 0 Å². The molecular formula is C27H36O2. The number of ether oxygens (including phenoxy) is 1. The van der Waals surface area contributed by atoms with Crippen LogP contribution in [0.15, 0.2) is 48.5 Å². The van der Waals surface area contributed by atoms with E-state index in [9.17, 15) is 4.79 Å². The van der Waals surface area contributed by atoms with Gasteiger partial charge >= 0.3 is 5.97 Å². The third kappa shape index (κ3) is 5.95. The van der Waals surface area contributed by atoms with E-state index in [4.69, 9.17) is 4.74 Å². The molecule has 0 heterocycles. The van der Waals surface area contributed by atoms with Crippen LogP contribution in [0.3, 0.4) is 0 Å². The Morgan fingerprint density at radius 2 is 1.69 bits per heavy atom. The molecule has 2 nitrogen and oxygen atoms in total. The van der Waals surface area contributed by atoms with Gasteiger partial charge in [0.25, 0.3) is 0 Å². The molecule has 1 aliphatic rings. The van der Waals surface area contributed by atoms with E-state index in [1.807, 2.05) is 24.3 Å². The van der Waals surface area contributed by atoms with Crippen molar-refractivity contribution in [1.82, 2.24) is 0 Å². The third-order valence-electron chi connectivity index (χ3n) is 6.50. The van der Waals surface area contributed by atoms with Crippen molar-refractivity contribution in [2.75, 3.05) is 0 Å². The summed E-state index contributed by atoms with van der Waals surface area (Å²) in [4.78, 5) is 12.5. The van der Waals surface area contributed by atoms with Crippen molar-refractivity contribution in [2.24, 2.45) is 11.8 Å². The molecule has 156 valence electrons. The minimum Gasteiger partial charge on any atom is -0.423 e. The zero-order chi connectivity index (χ0) is 20.6. The van der Waals surface area contributed by atoms with E-state index >= 15 is 0 Å². The highest BCUT2D eigenvalue weighted by Gasteiger charge is 2.28. The van der Waals surface area contributed by atoms with Crippen LogP contribution in [0, 0.1) is 11.8 Å². The minimum atomic E-state index is -0.280. The van der Waals surface area contributed by atoms with Gasteiger partial charge in [-0.3, -0.25) is 0 Å². The van der Waals surface area contributed by atoms with E-state index in [-0.39, 0.29) is 5.97 Å². The monoisotopic (exact) mass is 392 g/mol. The summed E-state index contributed by atoms with van der Waals surface area (Å²) in [5.41, 5.74) is 3.28. The quantitative estimate of drug-likeness (QED) is 0.342. The second-order valence-corrected chi connectivity index (χ2v) is 8.81. The standard InChI is InChI=1S/C27H36O2/c1-4-6-8-21-9-16-25(17-10-21)29-27(28)24-14-12-23(13-15-24)26-18-11-22(7-5-2)19-20(26)3/h9-10,12-17,20,22,26H,4-8,11,18-19H2,1-3H3. The van der Waals surface area contributed by atoms with Crippen LogP contribution >= 0.6 is 0 Å². The first-order valence-electron chi connectivity index (χ1n) is 11.5. The number of aryl methyl sites for hydroxylation is 1. The zero-order valence-electron chi connectivity index (χ0n) is 18.3. The number of hydrogen-bond donors (Lipinski definition) is 0. The van der Waals surface area contributed by atoms with Crippen LogP contribution in [0.5, 0.6) is 5.75 Å². The fraction of sp³-hybridized carbons (Fsp3) is 0.519. The molecule has 1 fully saturated rings. The van der Waals surface area contributed by atoms with E-state index in [2.05, 4.69) is 45.0 Å². The van der Waals surface area contributed by atoms with Gasteiger partial charge in [-0.05, 0) is 85.3 Å². The lowest BCUT2D eigenvalue weighted by atomic mass is 9.71. The Morgan fingerprint density at radius 1 is 0.966 bits per heavy atom. The average molecular weight is 393 g/mol. The number of rotatable bonds is 8. The van der Waals surface area contributed by atoms with E-state index in [1.54, 1.807) is 0 Å². The van der Waals surface area contributed by atoms with Crippen molar-refractivity contribution in [3.63, 3.8) is 0 Å². The first-order chi connectivity index (χ1) is 14.1. The lowest BCUT2D eigenvalue weighted by Crippen LogP contribution is -2.21. The summed E-state index contributed by atoms with van der Waals surface area (Å²) in [6.45, 7) is 6.87. The molecule has 1 saturated carbocycles. The van der Waals surface area contributed by atoms with Crippen LogP contribution in [-0.2, 0) is 6.42 Å². The SMILES string of the molecule is CCCCc1ccc(OC(=O)c2ccc(C3CCC(CCC)CC3C)cc2)cc1. The molecule has 3 atom stereocenters.